The van der Waals surface area contributed by atoms with Gasteiger partial charge in [0, 0.05) is 21.2 Å². The molecule has 3 aliphatic rings. The number of fused-ring (bicyclic) bond motifs is 2. The van der Waals surface area contributed by atoms with Gasteiger partial charge in [-0.2, -0.15) is 0 Å². The molecule has 0 unspecified atom stereocenters. The van der Waals surface area contributed by atoms with Crippen molar-refractivity contribution in [3.63, 3.8) is 0 Å². The molecule has 39 heavy (non-hydrogen) atoms. The lowest BCUT2D eigenvalue weighted by Gasteiger charge is -2.21. The third kappa shape index (κ3) is 7.18. The molecule has 0 aromatic heterocycles. The van der Waals surface area contributed by atoms with Gasteiger partial charge in [0.05, 0.1) is 26.4 Å². The number of ether oxygens (including phenoxy) is 2. The summed E-state index contributed by atoms with van der Waals surface area (Å²) in [5.74, 6) is 1.53. The lowest BCUT2D eigenvalue weighted by molar-refractivity contribution is 0.229. The zero-order valence-corrected chi connectivity index (χ0v) is 23.8. The number of benzene rings is 4. The maximum Gasteiger partial charge on any atom is 0.205 e. The summed E-state index contributed by atoms with van der Waals surface area (Å²) >= 11 is 0. The van der Waals surface area contributed by atoms with Gasteiger partial charge < -0.3 is 23.1 Å². The average Bonchev–Trinajstić information content (AvgIpc) is 3.00. The first kappa shape index (κ1) is 27.6. The molecule has 7 rings (SSSR count). The molecule has 0 atom stereocenters. The highest BCUT2D eigenvalue weighted by Gasteiger charge is 2.29. The summed E-state index contributed by atoms with van der Waals surface area (Å²) in [6, 6.07) is 35.2. The summed E-state index contributed by atoms with van der Waals surface area (Å²) in [4.78, 5) is 0. The van der Waals surface area contributed by atoms with Crippen LogP contribution >= 0.6 is 15.5 Å². The van der Waals surface area contributed by atoms with Gasteiger partial charge in [0.2, 0.25) is 8.38 Å². The standard InChI is InChI=1S/C32H34O5P2/c33-39(30-13-5-2-6-14-30)31-19-15-27(16-20-31)34-23-7-9-25-36-38(29-11-3-1-4-12-29)37-26-10-8-24-35-28-17-21-32(39)22-18-28/h1-6,11-22H,7-10,23-26H2. The average molecular weight is 561 g/mol. The molecule has 7 heteroatoms. The maximum atomic E-state index is 14.7. The monoisotopic (exact) mass is 560 g/mol. The Balaban J connectivity index is 1.35. The van der Waals surface area contributed by atoms with Gasteiger partial charge >= 0.3 is 0 Å². The van der Waals surface area contributed by atoms with Gasteiger partial charge in [-0.05, 0) is 86.3 Å². The molecule has 3 heterocycles. The lowest BCUT2D eigenvalue weighted by Crippen LogP contribution is -2.25. The van der Waals surface area contributed by atoms with Crippen molar-refractivity contribution in [2.75, 3.05) is 26.4 Å². The maximum absolute atomic E-state index is 14.7. The molecule has 4 aromatic rings. The lowest BCUT2D eigenvalue weighted by atomic mass is 10.3. The molecule has 0 radical (unpaired) electrons. The van der Waals surface area contributed by atoms with E-state index in [1.165, 1.54) is 0 Å². The first-order valence-electron chi connectivity index (χ1n) is 13.5. The van der Waals surface area contributed by atoms with Crippen LogP contribution < -0.4 is 30.7 Å². The summed E-state index contributed by atoms with van der Waals surface area (Å²) in [5, 5.41) is 3.44. The predicted molar refractivity (Wildman–Crippen MR) is 160 cm³/mol. The van der Waals surface area contributed by atoms with Crippen molar-refractivity contribution in [3.8, 4) is 11.5 Å². The Bertz CT molecular complexity index is 1270. The summed E-state index contributed by atoms with van der Waals surface area (Å²) in [6.45, 7) is 2.40. The van der Waals surface area contributed by atoms with E-state index in [4.69, 9.17) is 18.5 Å². The molecule has 202 valence electrons. The minimum absolute atomic E-state index is 0.588. The van der Waals surface area contributed by atoms with Crippen LogP contribution in [-0.2, 0) is 13.6 Å². The molecule has 4 bridgehead atoms. The second kappa shape index (κ2) is 13.9. The Morgan fingerprint density at radius 2 is 0.897 bits per heavy atom. The van der Waals surface area contributed by atoms with Crippen molar-refractivity contribution in [1.29, 1.82) is 0 Å². The van der Waals surface area contributed by atoms with Crippen LogP contribution in [0.15, 0.2) is 109 Å². The van der Waals surface area contributed by atoms with Crippen LogP contribution in [0.3, 0.4) is 0 Å². The van der Waals surface area contributed by atoms with Gasteiger partial charge in [-0.1, -0.05) is 48.5 Å². The van der Waals surface area contributed by atoms with E-state index >= 15 is 0 Å². The topological polar surface area (TPSA) is 54.0 Å². The highest BCUT2D eigenvalue weighted by Crippen LogP contribution is 2.43. The normalized spacial score (nSPS) is 21.2. The Hall–Kier alpha value is -2.94. The third-order valence-corrected chi connectivity index (χ3v) is 11.1. The Morgan fingerprint density at radius 1 is 0.487 bits per heavy atom. The number of hydrogen-bond donors (Lipinski definition) is 0. The zero-order chi connectivity index (χ0) is 26.8. The number of rotatable bonds is 2. The van der Waals surface area contributed by atoms with Crippen molar-refractivity contribution >= 4 is 36.7 Å². The van der Waals surface area contributed by atoms with Crippen molar-refractivity contribution in [2.24, 2.45) is 0 Å². The quantitative estimate of drug-likeness (QED) is 0.268. The predicted octanol–water partition coefficient (Wildman–Crippen LogP) is 6.33. The SMILES string of the molecule is O=P1(c2ccccc2)c2ccc(cc2)OCCCCOP(c2ccccc2)OCCCCOc2ccc1cc2. The molecule has 0 amide bonds. The molecule has 3 aliphatic heterocycles. The summed E-state index contributed by atoms with van der Waals surface area (Å²) in [5.41, 5.74) is 0. The molecule has 0 saturated heterocycles. The van der Waals surface area contributed by atoms with Gasteiger partial charge in [0.15, 0.2) is 7.14 Å². The van der Waals surface area contributed by atoms with Crippen LogP contribution in [0.4, 0.5) is 0 Å². The van der Waals surface area contributed by atoms with Crippen molar-refractivity contribution in [2.45, 2.75) is 25.7 Å². The third-order valence-electron chi connectivity index (χ3n) is 6.52. The highest BCUT2D eigenvalue weighted by atomic mass is 31.2. The Labute approximate surface area is 232 Å². The molecule has 4 aromatic carbocycles. The Morgan fingerprint density at radius 3 is 1.38 bits per heavy atom. The minimum atomic E-state index is -3.06. The van der Waals surface area contributed by atoms with E-state index in [1.807, 2.05) is 97.1 Å². The van der Waals surface area contributed by atoms with Crippen LogP contribution in [0.1, 0.15) is 25.7 Å². The second-order valence-corrected chi connectivity index (χ2v) is 13.6. The van der Waals surface area contributed by atoms with Crippen molar-refractivity contribution < 1.29 is 23.1 Å². The molecule has 0 saturated carbocycles. The largest absolute Gasteiger partial charge is 0.494 e. The van der Waals surface area contributed by atoms with Gasteiger partial charge in [0.1, 0.15) is 11.5 Å². The van der Waals surface area contributed by atoms with Crippen molar-refractivity contribution in [3.05, 3.63) is 109 Å². The zero-order valence-electron chi connectivity index (χ0n) is 22.0. The molecule has 0 spiro atoms. The van der Waals surface area contributed by atoms with Crippen molar-refractivity contribution in [1.82, 2.24) is 0 Å². The fraction of sp³-hybridized carbons (Fsp3) is 0.250. The summed E-state index contributed by atoms with van der Waals surface area (Å²) in [6.07, 6.45) is 3.48. The van der Waals surface area contributed by atoms with Crippen LogP contribution in [0.25, 0.3) is 0 Å². The van der Waals surface area contributed by atoms with E-state index in [-0.39, 0.29) is 0 Å². The van der Waals surface area contributed by atoms with E-state index in [0.29, 0.717) is 26.4 Å². The first-order valence-corrected chi connectivity index (χ1v) is 16.4. The van der Waals surface area contributed by atoms with Gasteiger partial charge in [-0.15, -0.1) is 0 Å². The molecule has 5 nitrogen and oxygen atoms in total. The van der Waals surface area contributed by atoms with E-state index in [0.717, 1.165) is 58.4 Å². The van der Waals surface area contributed by atoms with Crippen LogP contribution in [0.2, 0.25) is 0 Å². The summed E-state index contributed by atoms with van der Waals surface area (Å²) in [7, 11) is -4.18. The fourth-order valence-corrected chi connectivity index (χ4v) is 8.41. The molecule has 0 fully saturated rings. The fourth-order valence-electron chi connectivity index (χ4n) is 4.41. The van der Waals surface area contributed by atoms with Crippen LogP contribution in [0, 0.1) is 0 Å². The summed E-state index contributed by atoms with van der Waals surface area (Å²) < 4.78 is 39.0. The van der Waals surface area contributed by atoms with E-state index in [1.54, 1.807) is 0 Å². The van der Waals surface area contributed by atoms with Crippen LogP contribution in [0.5, 0.6) is 11.5 Å². The molecular weight excluding hydrogens is 526 g/mol. The van der Waals surface area contributed by atoms with E-state index in [2.05, 4.69) is 12.1 Å². The highest BCUT2D eigenvalue weighted by molar-refractivity contribution is 7.85. The molecule has 0 N–H and O–H groups in total. The smallest absolute Gasteiger partial charge is 0.205 e. The Kier molecular flexibility index (Phi) is 9.86. The first-order chi connectivity index (χ1) is 19.2. The van der Waals surface area contributed by atoms with E-state index < -0.39 is 15.5 Å². The van der Waals surface area contributed by atoms with Gasteiger partial charge in [-0.3, -0.25) is 0 Å². The van der Waals surface area contributed by atoms with Crippen LogP contribution in [-0.4, -0.2) is 26.4 Å². The molecular formula is C32H34O5P2. The number of hydrogen-bond acceptors (Lipinski definition) is 5. The second-order valence-electron chi connectivity index (χ2n) is 9.30. The van der Waals surface area contributed by atoms with E-state index in [9.17, 15) is 4.57 Å². The minimum Gasteiger partial charge on any atom is -0.494 e. The van der Waals surface area contributed by atoms with Gasteiger partial charge in [-0.25, -0.2) is 0 Å². The molecule has 0 aliphatic carbocycles. The van der Waals surface area contributed by atoms with Gasteiger partial charge in [0.25, 0.3) is 0 Å².